The summed E-state index contributed by atoms with van der Waals surface area (Å²) in [7, 11) is -1.50. The van der Waals surface area contributed by atoms with E-state index in [4.69, 9.17) is 0 Å². The zero-order chi connectivity index (χ0) is 15.7. The van der Waals surface area contributed by atoms with E-state index in [9.17, 15) is 8.42 Å². The van der Waals surface area contributed by atoms with Gasteiger partial charge >= 0.3 is 0 Å². The molecule has 22 heavy (non-hydrogen) atoms. The highest BCUT2D eigenvalue weighted by Gasteiger charge is 2.16. The molecule has 0 aliphatic rings. The molecule has 5 nitrogen and oxygen atoms in total. The number of fused-ring (bicyclic) bond motifs is 1. The van der Waals surface area contributed by atoms with Crippen LogP contribution in [0.4, 0.5) is 0 Å². The van der Waals surface area contributed by atoms with Crippen molar-refractivity contribution in [3.8, 4) is 0 Å². The average Bonchev–Trinajstić information content (AvgIpc) is 3.05. The smallest absolute Gasteiger partial charge is 0.250 e. The lowest BCUT2D eigenvalue weighted by Gasteiger charge is -2.04. The largest absolute Gasteiger partial charge is 0.335 e. The minimum atomic E-state index is -3.44. The maximum atomic E-state index is 12.2. The summed E-state index contributed by atoms with van der Waals surface area (Å²) < 4.78 is 30.0. The Morgan fingerprint density at radius 3 is 2.91 bits per heavy atom. The molecule has 0 aliphatic heterocycles. The number of nitrogens with zero attached hydrogens (tertiary/aromatic N) is 2. The van der Waals surface area contributed by atoms with Gasteiger partial charge in [-0.1, -0.05) is 0 Å². The molecule has 3 aromatic rings. The summed E-state index contributed by atoms with van der Waals surface area (Å²) >= 11 is 4.48. The van der Waals surface area contributed by atoms with Gasteiger partial charge in [0.25, 0.3) is 0 Å². The van der Waals surface area contributed by atoms with Crippen molar-refractivity contribution >= 4 is 48.3 Å². The maximum absolute atomic E-state index is 12.2. The molecule has 0 unspecified atom stereocenters. The molecule has 8 heteroatoms. The Balaban J connectivity index is 1.72. The van der Waals surface area contributed by atoms with Gasteiger partial charge < -0.3 is 4.57 Å². The van der Waals surface area contributed by atoms with Crippen LogP contribution in [-0.2, 0) is 23.5 Å². The van der Waals surface area contributed by atoms with Crippen LogP contribution in [0.1, 0.15) is 5.56 Å². The number of sulfonamides is 1. The summed E-state index contributed by atoms with van der Waals surface area (Å²) in [4.78, 5) is 4.33. The van der Waals surface area contributed by atoms with Crippen molar-refractivity contribution in [3.63, 3.8) is 0 Å². The van der Waals surface area contributed by atoms with Gasteiger partial charge in [0.1, 0.15) is 9.86 Å². The van der Waals surface area contributed by atoms with Crippen LogP contribution in [-0.4, -0.2) is 24.5 Å². The number of nitrogens with one attached hydrogen (secondary N) is 1. The van der Waals surface area contributed by atoms with Crippen LogP contribution in [0.2, 0.25) is 0 Å². The van der Waals surface area contributed by atoms with Crippen molar-refractivity contribution in [1.29, 1.82) is 0 Å². The Hall–Kier alpha value is -1.22. The summed E-state index contributed by atoms with van der Waals surface area (Å²) in [6.07, 6.45) is 4.37. The standard InChI is InChI=1S/C14H14BrN3O2S2/c1-18-9-10(11-3-2-7-16-14(11)18)6-8-17-22(19,20)13-5-4-12(15)21-13/h2-5,7,9,17H,6,8H2,1H3. The van der Waals surface area contributed by atoms with Gasteiger partial charge in [0.15, 0.2) is 0 Å². The lowest BCUT2D eigenvalue weighted by atomic mass is 10.2. The number of aromatic nitrogens is 2. The van der Waals surface area contributed by atoms with E-state index < -0.39 is 10.0 Å². The van der Waals surface area contributed by atoms with E-state index in [0.717, 1.165) is 20.4 Å². The zero-order valence-corrected chi connectivity index (χ0v) is 15.0. The Bertz CT molecular complexity index is 915. The number of thiophene rings is 1. The molecule has 0 aliphatic carbocycles. The summed E-state index contributed by atoms with van der Waals surface area (Å²) in [5.41, 5.74) is 1.99. The minimum Gasteiger partial charge on any atom is -0.335 e. The van der Waals surface area contributed by atoms with Crippen molar-refractivity contribution < 1.29 is 8.42 Å². The van der Waals surface area contributed by atoms with E-state index in [0.29, 0.717) is 17.2 Å². The first-order chi connectivity index (χ1) is 10.5. The van der Waals surface area contributed by atoms with Crippen LogP contribution in [0.25, 0.3) is 11.0 Å². The monoisotopic (exact) mass is 399 g/mol. The number of hydrogen-bond acceptors (Lipinski definition) is 4. The third-order valence-corrected chi connectivity index (χ3v) is 6.89. The third-order valence-electron chi connectivity index (χ3n) is 3.32. The number of rotatable bonds is 5. The van der Waals surface area contributed by atoms with Crippen molar-refractivity contribution in [3.05, 3.63) is 46.0 Å². The summed E-state index contributed by atoms with van der Waals surface area (Å²) in [5, 5.41) is 1.06. The van der Waals surface area contributed by atoms with Gasteiger partial charge in [-0.15, -0.1) is 11.3 Å². The normalized spacial score (nSPS) is 12.1. The van der Waals surface area contributed by atoms with Crippen molar-refractivity contribution in [2.75, 3.05) is 6.54 Å². The predicted molar refractivity (Wildman–Crippen MR) is 91.6 cm³/mol. The molecule has 0 bridgehead atoms. The van der Waals surface area contributed by atoms with Gasteiger partial charge in [-0.2, -0.15) is 0 Å². The topological polar surface area (TPSA) is 64.0 Å². The van der Waals surface area contributed by atoms with Gasteiger partial charge in [0, 0.05) is 31.4 Å². The molecule has 1 N–H and O–H groups in total. The minimum absolute atomic E-state index is 0.318. The quantitative estimate of drug-likeness (QED) is 0.717. The van der Waals surface area contributed by atoms with E-state index in [-0.39, 0.29) is 0 Å². The van der Waals surface area contributed by atoms with Crippen LogP contribution >= 0.6 is 27.3 Å². The van der Waals surface area contributed by atoms with E-state index in [1.807, 2.05) is 29.9 Å². The van der Waals surface area contributed by atoms with E-state index in [1.165, 1.54) is 11.3 Å². The predicted octanol–water partition coefficient (Wildman–Crippen LogP) is 2.92. The highest BCUT2D eigenvalue weighted by molar-refractivity contribution is 9.11. The fourth-order valence-corrected chi connectivity index (χ4v) is 5.41. The van der Waals surface area contributed by atoms with E-state index in [2.05, 4.69) is 25.6 Å². The Morgan fingerprint density at radius 2 is 2.18 bits per heavy atom. The van der Waals surface area contributed by atoms with E-state index >= 15 is 0 Å². The number of halogens is 1. The van der Waals surface area contributed by atoms with E-state index in [1.54, 1.807) is 18.3 Å². The molecular formula is C14H14BrN3O2S2. The molecule has 0 saturated carbocycles. The summed E-state index contributed by atoms with van der Waals surface area (Å²) in [5.74, 6) is 0. The van der Waals surface area contributed by atoms with Gasteiger partial charge in [-0.05, 0) is 52.2 Å². The highest BCUT2D eigenvalue weighted by Crippen LogP contribution is 2.26. The SMILES string of the molecule is Cn1cc(CCNS(=O)(=O)c2ccc(Br)s2)c2cccnc21. The van der Waals surface area contributed by atoms with Crippen LogP contribution < -0.4 is 4.72 Å². The molecule has 0 atom stereocenters. The van der Waals surface area contributed by atoms with Crippen molar-refractivity contribution in [2.45, 2.75) is 10.6 Å². The van der Waals surface area contributed by atoms with Gasteiger partial charge in [0.2, 0.25) is 10.0 Å². The zero-order valence-electron chi connectivity index (χ0n) is 11.8. The lowest BCUT2D eigenvalue weighted by molar-refractivity contribution is 0.584. The highest BCUT2D eigenvalue weighted by atomic mass is 79.9. The van der Waals surface area contributed by atoms with Crippen LogP contribution in [0.3, 0.4) is 0 Å². The first-order valence-electron chi connectivity index (χ1n) is 6.61. The molecule has 116 valence electrons. The van der Waals surface area contributed by atoms with Crippen molar-refractivity contribution in [2.24, 2.45) is 7.05 Å². The summed E-state index contributed by atoms with van der Waals surface area (Å²) in [6, 6.07) is 7.22. The molecular weight excluding hydrogens is 386 g/mol. The third kappa shape index (κ3) is 3.10. The summed E-state index contributed by atoms with van der Waals surface area (Å²) in [6.45, 7) is 0.353. The second kappa shape index (κ2) is 6.11. The molecule has 0 saturated heterocycles. The van der Waals surface area contributed by atoms with Crippen LogP contribution in [0, 0.1) is 0 Å². The number of hydrogen-bond donors (Lipinski definition) is 1. The van der Waals surface area contributed by atoms with Gasteiger partial charge in [-0.3, -0.25) is 0 Å². The molecule has 3 heterocycles. The van der Waals surface area contributed by atoms with Crippen LogP contribution in [0.5, 0.6) is 0 Å². The second-order valence-electron chi connectivity index (χ2n) is 4.85. The Labute approximate surface area is 141 Å². The molecule has 0 fully saturated rings. The second-order valence-corrected chi connectivity index (χ2v) is 9.30. The Morgan fingerprint density at radius 1 is 1.36 bits per heavy atom. The maximum Gasteiger partial charge on any atom is 0.250 e. The number of pyridine rings is 1. The lowest BCUT2D eigenvalue weighted by Crippen LogP contribution is -2.25. The molecule has 3 aromatic heterocycles. The molecule has 0 amide bonds. The first kappa shape index (κ1) is 15.7. The fraction of sp³-hybridized carbons (Fsp3) is 0.214. The van der Waals surface area contributed by atoms with Gasteiger partial charge in [0.05, 0.1) is 3.79 Å². The molecule has 0 radical (unpaired) electrons. The first-order valence-corrected chi connectivity index (χ1v) is 9.70. The molecule has 3 rings (SSSR count). The average molecular weight is 400 g/mol. The Kier molecular flexibility index (Phi) is 4.35. The molecule has 0 aromatic carbocycles. The van der Waals surface area contributed by atoms with Crippen LogP contribution in [0.15, 0.2) is 44.7 Å². The fourth-order valence-electron chi connectivity index (χ4n) is 2.33. The molecule has 0 spiro atoms. The van der Waals surface area contributed by atoms with Crippen molar-refractivity contribution in [1.82, 2.24) is 14.3 Å². The van der Waals surface area contributed by atoms with Gasteiger partial charge in [-0.25, -0.2) is 18.1 Å². The number of aryl methyl sites for hydroxylation is 1.